The molecular formula is C17H21N3O5S. The van der Waals surface area contributed by atoms with E-state index in [1.54, 1.807) is 18.2 Å². The molecule has 0 saturated carbocycles. The maximum absolute atomic E-state index is 12.7. The van der Waals surface area contributed by atoms with E-state index in [4.69, 9.17) is 14.9 Å². The van der Waals surface area contributed by atoms with Crippen molar-refractivity contribution in [2.75, 3.05) is 31.2 Å². The molecule has 1 aromatic heterocycles. The molecule has 2 aromatic rings. The molecule has 0 aliphatic carbocycles. The van der Waals surface area contributed by atoms with Gasteiger partial charge in [0.15, 0.2) is 5.76 Å². The van der Waals surface area contributed by atoms with E-state index in [1.165, 1.54) is 24.4 Å². The smallest absolute Gasteiger partial charge is 0.291 e. The Labute approximate surface area is 152 Å². The van der Waals surface area contributed by atoms with Gasteiger partial charge in [-0.1, -0.05) is 0 Å². The van der Waals surface area contributed by atoms with E-state index in [9.17, 15) is 13.2 Å². The van der Waals surface area contributed by atoms with Crippen molar-refractivity contribution in [2.45, 2.75) is 24.7 Å². The maximum Gasteiger partial charge on any atom is 0.291 e. The molecule has 9 heteroatoms. The summed E-state index contributed by atoms with van der Waals surface area (Å²) >= 11 is 0. The van der Waals surface area contributed by atoms with Gasteiger partial charge in [-0.05, 0) is 38.0 Å². The van der Waals surface area contributed by atoms with Crippen molar-refractivity contribution in [3.05, 3.63) is 35.8 Å². The number of rotatable bonds is 5. The van der Waals surface area contributed by atoms with Crippen molar-refractivity contribution in [2.24, 2.45) is 0 Å². The van der Waals surface area contributed by atoms with Gasteiger partial charge < -0.3 is 20.2 Å². The van der Waals surface area contributed by atoms with Gasteiger partial charge in [-0.25, -0.2) is 8.42 Å². The summed E-state index contributed by atoms with van der Waals surface area (Å²) in [6.45, 7) is 2.50. The number of benzene rings is 1. The van der Waals surface area contributed by atoms with Gasteiger partial charge in [0.05, 0.1) is 12.8 Å². The summed E-state index contributed by atoms with van der Waals surface area (Å²) < 4.78 is 37.2. The van der Waals surface area contributed by atoms with Crippen LogP contribution in [0.3, 0.4) is 0 Å². The number of nitrogen functional groups attached to an aromatic ring is 1. The molecule has 140 valence electrons. The summed E-state index contributed by atoms with van der Waals surface area (Å²) in [5, 5.41) is 2.64. The van der Waals surface area contributed by atoms with E-state index in [-0.39, 0.29) is 16.4 Å². The number of hydrogen-bond donors (Lipinski definition) is 2. The summed E-state index contributed by atoms with van der Waals surface area (Å²) in [6.07, 6.45) is 1.67. The number of nitrogens with one attached hydrogen (secondary N) is 1. The van der Waals surface area contributed by atoms with Crippen LogP contribution in [0.1, 0.15) is 29.2 Å². The molecule has 1 aliphatic heterocycles. The first kappa shape index (κ1) is 18.3. The SMILES string of the molecule is COc1ccc(NC(=O)c2cc(S(=O)(=O)N3CCCC3)c(C)o2)cc1N. The van der Waals surface area contributed by atoms with Crippen LogP contribution >= 0.6 is 0 Å². The third-order valence-corrected chi connectivity index (χ3v) is 6.27. The van der Waals surface area contributed by atoms with Crippen molar-refractivity contribution >= 4 is 27.3 Å². The van der Waals surface area contributed by atoms with Gasteiger partial charge in [0.2, 0.25) is 10.0 Å². The first-order valence-electron chi connectivity index (χ1n) is 8.18. The number of methoxy groups -OCH3 is 1. The lowest BCUT2D eigenvalue weighted by Crippen LogP contribution is -2.28. The van der Waals surface area contributed by atoms with E-state index >= 15 is 0 Å². The fourth-order valence-corrected chi connectivity index (χ4v) is 4.58. The fourth-order valence-electron chi connectivity index (χ4n) is 2.91. The normalized spacial score (nSPS) is 15.2. The Hall–Kier alpha value is -2.52. The van der Waals surface area contributed by atoms with E-state index in [1.807, 2.05) is 0 Å². The summed E-state index contributed by atoms with van der Waals surface area (Å²) in [6, 6.07) is 6.08. The number of carbonyl (C=O) groups excluding carboxylic acids is 1. The zero-order valence-electron chi connectivity index (χ0n) is 14.6. The molecule has 26 heavy (non-hydrogen) atoms. The minimum atomic E-state index is -3.65. The lowest BCUT2D eigenvalue weighted by molar-refractivity contribution is 0.0995. The second-order valence-electron chi connectivity index (χ2n) is 6.05. The first-order chi connectivity index (χ1) is 12.3. The second-order valence-corrected chi connectivity index (χ2v) is 7.96. The first-order valence-corrected chi connectivity index (χ1v) is 9.62. The highest BCUT2D eigenvalue weighted by Gasteiger charge is 2.31. The molecule has 0 unspecified atom stereocenters. The van der Waals surface area contributed by atoms with Gasteiger partial charge in [0, 0.05) is 24.8 Å². The maximum atomic E-state index is 12.7. The predicted molar refractivity (Wildman–Crippen MR) is 96.8 cm³/mol. The molecule has 0 bridgehead atoms. The van der Waals surface area contributed by atoms with Gasteiger partial charge in [0.1, 0.15) is 16.4 Å². The largest absolute Gasteiger partial charge is 0.495 e. The molecule has 1 aliphatic rings. The Morgan fingerprint density at radius 3 is 2.58 bits per heavy atom. The van der Waals surface area contributed by atoms with Gasteiger partial charge in [-0.3, -0.25) is 4.79 Å². The van der Waals surface area contributed by atoms with Crippen LogP contribution in [0.5, 0.6) is 5.75 Å². The van der Waals surface area contributed by atoms with Gasteiger partial charge in [-0.15, -0.1) is 0 Å². The number of sulfonamides is 1. The molecule has 1 fully saturated rings. The van der Waals surface area contributed by atoms with Crippen LogP contribution in [0.4, 0.5) is 11.4 Å². The molecule has 1 aromatic carbocycles. The molecule has 1 amide bonds. The highest BCUT2D eigenvalue weighted by Crippen LogP contribution is 2.28. The van der Waals surface area contributed by atoms with Gasteiger partial charge in [0.25, 0.3) is 5.91 Å². The van der Waals surface area contributed by atoms with Crippen molar-refractivity contribution in [3.8, 4) is 5.75 Å². The Bertz CT molecular complexity index is 930. The average molecular weight is 379 g/mol. The monoisotopic (exact) mass is 379 g/mol. The molecular weight excluding hydrogens is 358 g/mol. The minimum absolute atomic E-state index is 0.0267. The van der Waals surface area contributed by atoms with Crippen molar-refractivity contribution in [1.82, 2.24) is 4.31 Å². The molecule has 8 nitrogen and oxygen atoms in total. The number of anilines is 2. The fraction of sp³-hybridized carbons (Fsp3) is 0.353. The highest BCUT2D eigenvalue weighted by atomic mass is 32.2. The van der Waals surface area contributed by atoms with Gasteiger partial charge in [-0.2, -0.15) is 4.31 Å². The number of aryl methyl sites for hydroxylation is 1. The summed E-state index contributed by atoms with van der Waals surface area (Å²) in [7, 11) is -2.15. The molecule has 3 N–H and O–H groups in total. The van der Waals surface area contributed by atoms with Crippen LogP contribution in [0.25, 0.3) is 0 Å². The second kappa shape index (κ2) is 7.00. The average Bonchev–Trinajstić information content (AvgIpc) is 3.25. The van der Waals surface area contributed by atoms with E-state index in [0.717, 1.165) is 12.8 Å². The van der Waals surface area contributed by atoms with Crippen LogP contribution in [0.2, 0.25) is 0 Å². The number of amides is 1. The lowest BCUT2D eigenvalue weighted by Gasteiger charge is -2.14. The van der Waals surface area contributed by atoms with Crippen LogP contribution in [0.15, 0.2) is 33.6 Å². The van der Waals surface area contributed by atoms with E-state index in [2.05, 4.69) is 5.32 Å². The third kappa shape index (κ3) is 3.40. The van der Waals surface area contributed by atoms with E-state index < -0.39 is 15.9 Å². The molecule has 0 spiro atoms. The van der Waals surface area contributed by atoms with Gasteiger partial charge >= 0.3 is 0 Å². The molecule has 3 rings (SSSR count). The Morgan fingerprint density at radius 1 is 1.27 bits per heavy atom. The molecule has 2 heterocycles. The number of furan rings is 1. The molecule has 0 radical (unpaired) electrons. The number of nitrogens with zero attached hydrogens (tertiary/aromatic N) is 1. The van der Waals surface area contributed by atoms with E-state index in [0.29, 0.717) is 30.2 Å². The summed E-state index contributed by atoms with van der Waals surface area (Å²) in [5.41, 5.74) is 6.64. The zero-order chi connectivity index (χ0) is 18.9. The Balaban J connectivity index is 1.82. The summed E-state index contributed by atoms with van der Waals surface area (Å²) in [5.74, 6) is 0.0577. The van der Waals surface area contributed by atoms with Crippen LogP contribution in [-0.2, 0) is 10.0 Å². The van der Waals surface area contributed by atoms with Crippen molar-refractivity contribution in [1.29, 1.82) is 0 Å². The number of hydrogen-bond acceptors (Lipinski definition) is 6. The molecule has 1 saturated heterocycles. The third-order valence-electron chi connectivity index (χ3n) is 4.27. The zero-order valence-corrected chi connectivity index (χ0v) is 15.4. The van der Waals surface area contributed by atoms with Crippen LogP contribution < -0.4 is 15.8 Å². The van der Waals surface area contributed by atoms with Crippen LogP contribution in [0, 0.1) is 6.92 Å². The molecule has 0 atom stereocenters. The Kier molecular flexibility index (Phi) is 4.92. The highest BCUT2D eigenvalue weighted by molar-refractivity contribution is 7.89. The topological polar surface area (TPSA) is 115 Å². The van der Waals surface area contributed by atoms with Crippen molar-refractivity contribution < 1.29 is 22.4 Å². The standard InChI is InChI=1S/C17H21N3O5S/c1-11-16(26(22,23)20-7-3-4-8-20)10-15(25-11)17(21)19-12-5-6-14(24-2)13(18)9-12/h5-6,9-10H,3-4,7-8,18H2,1-2H3,(H,19,21). The number of nitrogens with two attached hydrogens (primary N) is 1. The predicted octanol–water partition coefficient (Wildman–Crippen LogP) is 2.22. The number of ether oxygens (including phenoxy) is 1. The summed E-state index contributed by atoms with van der Waals surface area (Å²) in [4.78, 5) is 12.4. The van der Waals surface area contributed by atoms with Crippen molar-refractivity contribution in [3.63, 3.8) is 0 Å². The Morgan fingerprint density at radius 2 is 1.96 bits per heavy atom. The minimum Gasteiger partial charge on any atom is -0.495 e. The quantitative estimate of drug-likeness (QED) is 0.770. The lowest BCUT2D eigenvalue weighted by atomic mass is 10.2. The van der Waals surface area contributed by atoms with Crippen LogP contribution in [-0.4, -0.2) is 38.8 Å². The number of carbonyl (C=O) groups is 1.